The Morgan fingerprint density at radius 2 is 2.00 bits per heavy atom. The number of aromatic nitrogens is 1. The number of hydrogen-bond donors (Lipinski definition) is 1. The van der Waals surface area contributed by atoms with Crippen LogP contribution in [0.25, 0.3) is 10.9 Å². The maximum atomic E-state index is 6.32. The van der Waals surface area contributed by atoms with E-state index in [1.807, 2.05) is 0 Å². The molecular weight excluding hydrogens is 258 g/mol. The van der Waals surface area contributed by atoms with Crippen LogP contribution in [0.15, 0.2) is 30.3 Å². The topological polar surface area (TPSA) is 42.1 Å². The maximum absolute atomic E-state index is 6.32. The zero-order valence-corrected chi connectivity index (χ0v) is 13.0. The third-order valence-electron chi connectivity index (χ3n) is 4.70. The Balaban J connectivity index is 1.87. The Hall–Kier alpha value is -1.45. The van der Waals surface area contributed by atoms with E-state index in [1.54, 1.807) is 0 Å². The van der Waals surface area contributed by atoms with Gasteiger partial charge < -0.3 is 5.73 Å². The third-order valence-corrected chi connectivity index (χ3v) is 4.70. The molecular formula is C18H25N3. The number of nitrogens with two attached hydrogens (primary N) is 1. The molecule has 1 saturated carbocycles. The number of pyridine rings is 1. The van der Waals surface area contributed by atoms with E-state index in [1.165, 1.54) is 30.2 Å². The summed E-state index contributed by atoms with van der Waals surface area (Å²) in [6.07, 6.45) is 4.96. The van der Waals surface area contributed by atoms with Gasteiger partial charge in [0.1, 0.15) is 0 Å². The number of fused-ring (bicyclic) bond motifs is 1. The summed E-state index contributed by atoms with van der Waals surface area (Å²) in [4.78, 5) is 7.06. The number of nitrogens with zero attached hydrogens (tertiary/aromatic N) is 2. The van der Waals surface area contributed by atoms with Crippen molar-refractivity contribution in [2.75, 3.05) is 7.05 Å². The summed E-state index contributed by atoms with van der Waals surface area (Å²) in [6.45, 7) is 3.02. The van der Waals surface area contributed by atoms with E-state index in [-0.39, 0.29) is 0 Å². The highest BCUT2D eigenvalue weighted by Gasteiger charge is 2.25. The van der Waals surface area contributed by atoms with Gasteiger partial charge in [-0.1, -0.05) is 31.0 Å². The predicted molar refractivity (Wildman–Crippen MR) is 88.2 cm³/mol. The van der Waals surface area contributed by atoms with Crippen molar-refractivity contribution in [3.63, 3.8) is 0 Å². The lowest BCUT2D eigenvalue weighted by atomic mass is 9.90. The third kappa shape index (κ3) is 3.09. The summed E-state index contributed by atoms with van der Waals surface area (Å²) in [5.74, 6) is 0. The number of likely N-dealkylation sites (N-methyl/N-ethyl adjacent to an activating group) is 1. The fraction of sp³-hybridized carbons (Fsp3) is 0.500. The summed E-state index contributed by atoms with van der Waals surface area (Å²) in [5, 5.41) is 1.26. The number of benzene rings is 1. The van der Waals surface area contributed by atoms with Crippen molar-refractivity contribution in [3.8, 4) is 0 Å². The molecule has 1 aromatic carbocycles. The molecule has 1 aliphatic carbocycles. The molecule has 21 heavy (non-hydrogen) atoms. The van der Waals surface area contributed by atoms with Gasteiger partial charge in [-0.25, -0.2) is 0 Å². The average molecular weight is 283 g/mol. The Morgan fingerprint density at radius 3 is 2.81 bits per heavy atom. The number of hydrogen-bond acceptors (Lipinski definition) is 3. The van der Waals surface area contributed by atoms with Crippen LogP contribution in [0.4, 0.5) is 0 Å². The van der Waals surface area contributed by atoms with Gasteiger partial charge in [-0.15, -0.1) is 0 Å². The van der Waals surface area contributed by atoms with E-state index in [2.05, 4.69) is 54.2 Å². The molecule has 1 aliphatic rings. The Morgan fingerprint density at radius 1 is 1.24 bits per heavy atom. The molecule has 3 heteroatoms. The first kappa shape index (κ1) is 14.5. The lowest BCUT2D eigenvalue weighted by molar-refractivity contribution is 0.163. The fourth-order valence-electron chi connectivity index (χ4n) is 3.60. The minimum absolute atomic E-state index is 0.318. The molecule has 2 aromatic rings. The molecule has 3 rings (SSSR count). The smallest absolute Gasteiger partial charge is 0.0708 e. The number of rotatable bonds is 3. The molecule has 0 aliphatic heterocycles. The van der Waals surface area contributed by atoms with Crippen LogP contribution in [0, 0.1) is 6.92 Å². The van der Waals surface area contributed by atoms with Crippen LogP contribution in [-0.2, 0) is 6.54 Å². The van der Waals surface area contributed by atoms with Crippen LogP contribution in [0.1, 0.15) is 36.9 Å². The first-order valence-electron chi connectivity index (χ1n) is 7.96. The Bertz CT molecular complexity index is 623. The van der Waals surface area contributed by atoms with Crippen molar-refractivity contribution in [3.05, 3.63) is 41.6 Å². The van der Waals surface area contributed by atoms with Crippen molar-refractivity contribution in [2.24, 2.45) is 5.73 Å². The van der Waals surface area contributed by atoms with Gasteiger partial charge in [0.15, 0.2) is 0 Å². The van der Waals surface area contributed by atoms with Gasteiger partial charge in [0, 0.05) is 29.7 Å². The van der Waals surface area contributed by atoms with Crippen LogP contribution >= 0.6 is 0 Å². The standard InChI is InChI=1S/C18H25N3/c1-13-11-14(15-7-3-5-9-17(15)20-13)12-21(2)18-10-6-4-8-16(18)19/h3,5,7,9,11,16,18H,4,6,8,10,12,19H2,1-2H3. The summed E-state index contributed by atoms with van der Waals surface area (Å²) >= 11 is 0. The molecule has 0 spiro atoms. The van der Waals surface area contributed by atoms with Gasteiger partial charge in [0.2, 0.25) is 0 Å². The van der Waals surface area contributed by atoms with Crippen LogP contribution in [0.2, 0.25) is 0 Å². The van der Waals surface area contributed by atoms with Crippen molar-refractivity contribution in [1.29, 1.82) is 0 Å². The second kappa shape index (κ2) is 6.12. The molecule has 1 fully saturated rings. The molecule has 2 unspecified atom stereocenters. The Kier molecular flexibility index (Phi) is 4.22. The van der Waals surface area contributed by atoms with Crippen LogP contribution in [0.5, 0.6) is 0 Å². The van der Waals surface area contributed by atoms with Gasteiger partial charge in [0.25, 0.3) is 0 Å². The summed E-state index contributed by atoms with van der Waals surface area (Å²) < 4.78 is 0. The van der Waals surface area contributed by atoms with Crippen molar-refractivity contribution >= 4 is 10.9 Å². The van der Waals surface area contributed by atoms with Crippen molar-refractivity contribution in [1.82, 2.24) is 9.88 Å². The fourth-order valence-corrected chi connectivity index (χ4v) is 3.60. The van der Waals surface area contributed by atoms with Crippen LogP contribution in [-0.4, -0.2) is 29.0 Å². The number of aryl methyl sites for hydroxylation is 1. The van der Waals surface area contributed by atoms with E-state index in [0.717, 1.165) is 24.2 Å². The second-order valence-corrected chi connectivity index (χ2v) is 6.37. The first-order chi connectivity index (χ1) is 10.1. The van der Waals surface area contributed by atoms with E-state index >= 15 is 0 Å². The minimum atomic E-state index is 0.318. The predicted octanol–water partition coefficient (Wildman–Crippen LogP) is 3.24. The zero-order chi connectivity index (χ0) is 14.8. The second-order valence-electron chi connectivity index (χ2n) is 6.37. The largest absolute Gasteiger partial charge is 0.326 e. The molecule has 2 N–H and O–H groups in total. The van der Waals surface area contributed by atoms with E-state index in [9.17, 15) is 0 Å². The molecule has 1 heterocycles. The van der Waals surface area contributed by atoms with Gasteiger partial charge in [-0.2, -0.15) is 0 Å². The minimum Gasteiger partial charge on any atom is -0.326 e. The van der Waals surface area contributed by atoms with E-state index in [0.29, 0.717) is 12.1 Å². The van der Waals surface area contributed by atoms with E-state index in [4.69, 9.17) is 5.73 Å². The van der Waals surface area contributed by atoms with Gasteiger partial charge in [0.05, 0.1) is 5.52 Å². The molecule has 0 radical (unpaired) electrons. The quantitative estimate of drug-likeness (QED) is 0.940. The first-order valence-corrected chi connectivity index (χ1v) is 7.96. The van der Waals surface area contributed by atoms with Crippen molar-refractivity contribution in [2.45, 2.75) is 51.2 Å². The SMILES string of the molecule is Cc1cc(CN(C)C2CCCCC2N)c2ccccc2n1. The lowest BCUT2D eigenvalue weighted by Crippen LogP contribution is -2.47. The van der Waals surface area contributed by atoms with Crippen LogP contribution < -0.4 is 5.73 Å². The molecule has 0 saturated heterocycles. The molecule has 3 nitrogen and oxygen atoms in total. The summed E-state index contributed by atoms with van der Waals surface area (Å²) in [6, 6.07) is 11.5. The van der Waals surface area contributed by atoms with Gasteiger partial charge in [-0.05, 0) is 44.5 Å². The zero-order valence-electron chi connectivity index (χ0n) is 13.0. The number of para-hydroxylation sites is 1. The highest BCUT2D eigenvalue weighted by Crippen LogP contribution is 2.25. The monoisotopic (exact) mass is 283 g/mol. The van der Waals surface area contributed by atoms with Gasteiger partial charge in [-0.3, -0.25) is 9.88 Å². The summed E-state index contributed by atoms with van der Waals surface area (Å²) in [7, 11) is 2.21. The van der Waals surface area contributed by atoms with Crippen LogP contribution in [0.3, 0.4) is 0 Å². The highest BCUT2D eigenvalue weighted by molar-refractivity contribution is 5.82. The van der Waals surface area contributed by atoms with E-state index < -0.39 is 0 Å². The molecule has 0 amide bonds. The Labute approximate surface area is 127 Å². The molecule has 1 aromatic heterocycles. The maximum Gasteiger partial charge on any atom is 0.0708 e. The summed E-state index contributed by atoms with van der Waals surface area (Å²) in [5.41, 5.74) is 9.86. The molecule has 0 bridgehead atoms. The van der Waals surface area contributed by atoms with Crippen molar-refractivity contribution < 1.29 is 0 Å². The van der Waals surface area contributed by atoms with Gasteiger partial charge >= 0.3 is 0 Å². The molecule has 112 valence electrons. The molecule has 2 atom stereocenters. The lowest BCUT2D eigenvalue weighted by Gasteiger charge is -2.36. The average Bonchev–Trinajstić information content (AvgIpc) is 2.47. The normalized spacial score (nSPS) is 22.9. The highest BCUT2D eigenvalue weighted by atomic mass is 15.1.